The molecular weight excluding hydrogens is 214 g/mol. The Bertz CT molecular complexity index is 235. The zero-order valence-electron chi connectivity index (χ0n) is 9.66. The molecule has 0 radical (unpaired) electrons. The molecule has 0 saturated carbocycles. The van der Waals surface area contributed by atoms with Gasteiger partial charge < -0.3 is 10.1 Å². The molecule has 0 fully saturated rings. The molecule has 1 amide bonds. The first kappa shape index (κ1) is 14.3. The molecule has 0 aromatic carbocycles. The Morgan fingerprint density at radius 1 is 1.40 bits per heavy atom. The van der Waals surface area contributed by atoms with Crippen molar-refractivity contribution in [2.24, 2.45) is 5.41 Å². The number of carbonyl (C=O) groups is 2. The molecule has 0 aromatic heterocycles. The molecule has 1 N–H and O–H groups in total. The topological polar surface area (TPSA) is 55.4 Å². The molecule has 15 heavy (non-hydrogen) atoms. The van der Waals surface area contributed by atoms with Crippen LogP contribution in [0.15, 0.2) is 0 Å². The van der Waals surface area contributed by atoms with E-state index in [2.05, 4.69) is 17.9 Å². The summed E-state index contributed by atoms with van der Waals surface area (Å²) in [7, 11) is 0. The van der Waals surface area contributed by atoms with Crippen LogP contribution in [-0.2, 0) is 14.3 Å². The Hall–Kier alpha value is -0.710. The molecule has 1 atom stereocenters. The number of carbonyl (C=O) groups excluding carboxylic acids is 2. The van der Waals surface area contributed by atoms with Crippen molar-refractivity contribution < 1.29 is 14.3 Å². The Balaban J connectivity index is 4.11. The fourth-order valence-electron chi connectivity index (χ4n) is 0.813. The summed E-state index contributed by atoms with van der Waals surface area (Å²) in [5.74, 6) is -0.459. The Kier molecular flexibility index (Phi) is 5.72. The van der Waals surface area contributed by atoms with E-state index in [-0.39, 0.29) is 17.1 Å². The summed E-state index contributed by atoms with van der Waals surface area (Å²) in [6.45, 7) is 7.58. The number of amides is 1. The number of thiol groups is 1. The Labute approximate surface area is 96.2 Å². The summed E-state index contributed by atoms with van der Waals surface area (Å²) >= 11 is 3.98. The van der Waals surface area contributed by atoms with Crippen LogP contribution >= 0.6 is 12.6 Å². The SMILES string of the molecule is CC(=O)N[C@@H](CS)C(=O)OCC(C)(C)C. The van der Waals surface area contributed by atoms with E-state index in [1.807, 2.05) is 20.8 Å². The van der Waals surface area contributed by atoms with Gasteiger partial charge in [0.25, 0.3) is 0 Å². The quantitative estimate of drug-likeness (QED) is 0.563. The molecule has 88 valence electrons. The zero-order valence-corrected chi connectivity index (χ0v) is 10.6. The fourth-order valence-corrected chi connectivity index (χ4v) is 1.05. The highest BCUT2D eigenvalue weighted by atomic mass is 32.1. The number of nitrogens with one attached hydrogen (secondary N) is 1. The molecule has 0 saturated heterocycles. The predicted octanol–water partition coefficient (Wildman–Crippen LogP) is 1.01. The van der Waals surface area contributed by atoms with E-state index in [0.29, 0.717) is 6.61 Å². The summed E-state index contributed by atoms with van der Waals surface area (Å²) < 4.78 is 5.06. The smallest absolute Gasteiger partial charge is 0.329 e. The van der Waals surface area contributed by atoms with Crippen molar-refractivity contribution in [3.05, 3.63) is 0 Å². The highest BCUT2D eigenvalue weighted by Crippen LogP contribution is 2.13. The summed E-state index contributed by atoms with van der Waals surface area (Å²) in [4.78, 5) is 22.2. The molecule has 0 unspecified atom stereocenters. The molecule has 0 bridgehead atoms. The minimum absolute atomic E-state index is 0.0764. The lowest BCUT2D eigenvalue weighted by Gasteiger charge is -2.20. The maximum atomic E-state index is 11.5. The van der Waals surface area contributed by atoms with Gasteiger partial charge in [0.05, 0.1) is 6.61 Å². The van der Waals surface area contributed by atoms with Crippen LogP contribution in [0, 0.1) is 5.41 Å². The third kappa shape index (κ3) is 7.25. The third-order valence-corrected chi connectivity index (χ3v) is 1.86. The highest BCUT2D eigenvalue weighted by molar-refractivity contribution is 7.80. The van der Waals surface area contributed by atoms with Gasteiger partial charge in [0.1, 0.15) is 6.04 Å². The van der Waals surface area contributed by atoms with Gasteiger partial charge in [-0.15, -0.1) is 0 Å². The van der Waals surface area contributed by atoms with Crippen molar-refractivity contribution in [3.8, 4) is 0 Å². The van der Waals surface area contributed by atoms with Crippen molar-refractivity contribution in [3.63, 3.8) is 0 Å². The summed E-state index contributed by atoms with van der Waals surface area (Å²) in [6.07, 6.45) is 0. The van der Waals surface area contributed by atoms with Crippen LogP contribution in [0.4, 0.5) is 0 Å². The lowest BCUT2D eigenvalue weighted by molar-refractivity contribution is -0.149. The molecule has 0 spiro atoms. The summed E-state index contributed by atoms with van der Waals surface area (Å²) in [5, 5.41) is 2.48. The van der Waals surface area contributed by atoms with Crippen LogP contribution in [0.1, 0.15) is 27.7 Å². The van der Waals surface area contributed by atoms with Crippen LogP contribution in [0.5, 0.6) is 0 Å². The van der Waals surface area contributed by atoms with E-state index in [1.54, 1.807) is 0 Å². The number of hydrogen-bond donors (Lipinski definition) is 2. The largest absolute Gasteiger partial charge is 0.464 e. The number of esters is 1. The molecule has 0 heterocycles. The van der Waals surface area contributed by atoms with E-state index < -0.39 is 12.0 Å². The van der Waals surface area contributed by atoms with Crippen molar-refractivity contribution in [1.82, 2.24) is 5.32 Å². The lowest BCUT2D eigenvalue weighted by atomic mass is 9.99. The number of rotatable bonds is 4. The van der Waals surface area contributed by atoms with Gasteiger partial charge >= 0.3 is 5.97 Å². The predicted molar refractivity (Wildman–Crippen MR) is 61.9 cm³/mol. The zero-order chi connectivity index (χ0) is 12.1. The van der Waals surface area contributed by atoms with Crippen molar-refractivity contribution >= 4 is 24.5 Å². The van der Waals surface area contributed by atoms with Crippen molar-refractivity contribution in [2.75, 3.05) is 12.4 Å². The number of ether oxygens (including phenoxy) is 1. The minimum atomic E-state index is -0.659. The van der Waals surface area contributed by atoms with Gasteiger partial charge in [-0.2, -0.15) is 12.6 Å². The van der Waals surface area contributed by atoms with E-state index in [0.717, 1.165) is 0 Å². The van der Waals surface area contributed by atoms with E-state index in [9.17, 15) is 9.59 Å². The average Bonchev–Trinajstić information content (AvgIpc) is 2.08. The van der Waals surface area contributed by atoms with Crippen LogP contribution in [0.3, 0.4) is 0 Å². The van der Waals surface area contributed by atoms with E-state index in [1.165, 1.54) is 6.92 Å². The molecule has 0 aliphatic heterocycles. The monoisotopic (exact) mass is 233 g/mol. The molecule has 0 aromatic rings. The van der Waals surface area contributed by atoms with Gasteiger partial charge in [-0.1, -0.05) is 20.8 Å². The van der Waals surface area contributed by atoms with Gasteiger partial charge in [0.15, 0.2) is 0 Å². The van der Waals surface area contributed by atoms with Crippen LogP contribution < -0.4 is 5.32 Å². The van der Waals surface area contributed by atoms with Crippen LogP contribution in [-0.4, -0.2) is 30.3 Å². The maximum absolute atomic E-state index is 11.5. The first-order valence-electron chi connectivity index (χ1n) is 4.81. The Morgan fingerprint density at radius 2 is 1.93 bits per heavy atom. The average molecular weight is 233 g/mol. The number of hydrogen-bond acceptors (Lipinski definition) is 4. The molecule has 0 aliphatic carbocycles. The normalized spacial score (nSPS) is 13.1. The van der Waals surface area contributed by atoms with Gasteiger partial charge in [0, 0.05) is 12.7 Å². The lowest BCUT2D eigenvalue weighted by Crippen LogP contribution is -2.42. The fraction of sp³-hybridized carbons (Fsp3) is 0.800. The summed E-state index contributed by atoms with van der Waals surface area (Å²) in [5.41, 5.74) is -0.0764. The van der Waals surface area contributed by atoms with Crippen molar-refractivity contribution in [2.45, 2.75) is 33.7 Å². The Morgan fingerprint density at radius 3 is 2.27 bits per heavy atom. The molecular formula is C10H19NO3S. The van der Waals surface area contributed by atoms with Gasteiger partial charge in [-0.25, -0.2) is 4.79 Å². The van der Waals surface area contributed by atoms with Gasteiger partial charge in [-0.05, 0) is 5.41 Å². The van der Waals surface area contributed by atoms with Crippen LogP contribution in [0.2, 0.25) is 0 Å². The second-order valence-electron chi connectivity index (χ2n) is 4.60. The van der Waals surface area contributed by atoms with E-state index in [4.69, 9.17) is 4.74 Å². The first-order chi connectivity index (χ1) is 6.76. The third-order valence-electron chi connectivity index (χ3n) is 1.49. The van der Waals surface area contributed by atoms with Gasteiger partial charge in [0.2, 0.25) is 5.91 Å². The minimum Gasteiger partial charge on any atom is -0.464 e. The standard InChI is InChI=1S/C10H19NO3S/c1-7(12)11-8(5-15)9(13)14-6-10(2,3)4/h8,15H,5-6H2,1-4H3,(H,11,12)/t8-/m0/s1. The molecule has 5 heteroatoms. The summed E-state index contributed by atoms with van der Waals surface area (Å²) in [6, 6.07) is -0.659. The molecule has 0 rings (SSSR count). The van der Waals surface area contributed by atoms with E-state index >= 15 is 0 Å². The highest BCUT2D eigenvalue weighted by Gasteiger charge is 2.21. The second kappa shape index (κ2) is 6.00. The second-order valence-corrected chi connectivity index (χ2v) is 4.97. The van der Waals surface area contributed by atoms with Crippen molar-refractivity contribution in [1.29, 1.82) is 0 Å². The van der Waals surface area contributed by atoms with Gasteiger partial charge in [-0.3, -0.25) is 4.79 Å². The molecule has 4 nitrogen and oxygen atoms in total. The first-order valence-corrected chi connectivity index (χ1v) is 5.44. The maximum Gasteiger partial charge on any atom is 0.329 e. The molecule has 0 aliphatic rings. The van der Waals surface area contributed by atoms with Crippen LogP contribution in [0.25, 0.3) is 0 Å².